The number of nitrogens with zero attached hydrogens (tertiary/aromatic N) is 2. The van der Waals surface area contributed by atoms with Crippen LogP contribution in [0.5, 0.6) is 0 Å². The molecule has 3 aromatic rings. The minimum Gasteiger partial charge on any atom is -0.460 e. The molecule has 0 saturated carbocycles. The van der Waals surface area contributed by atoms with E-state index in [9.17, 15) is 4.79 Å². The maximum atomic E-state index is 12.1. The highest BCUT2D eigenvalue weighted by atomic mass is 79.9. The molecule has 0 spiro atoms. The standard InChI is InChI=1S/C18H15BrN4O2/c1-12-7-8-17(25-12)15-10-16(22-21-15)18(24)23-20-11-14(19)9-13-5-3-2-4-6-13/h2-11H,1H3,(H,21,22)(H,23,24)/b14-9-,20-11+. The van der Waals surface area contributed by atoms with E-state index in [0.717, 1.165) is 15.8 Å². The van der Waals surface area contributed by atoms with Gasteiger partial charge < -0.3 is 4.42 Å². The number of nitrogens with one attached hydrogen (secondary N) is 2. The first-order chi connectivity index (χ1) is 12.1. The molecular formula is C18H15BrN4O2. The van der Waals surface area contributed by atoms with Gasteiger partial charge in [0.05, 0.1) is 6.21 Å². The van der Waals surface area contributed by atoms with Crippen molar-refractivity contribution in [2.24, 2.45) is 5.10 Å². The van der Waals surface area contributed by atoms with Crippen molar-refractivity contribution in [2.75, 3.05) is 0 Å². The first-order valence-corrected chi connectivity index (χ1v) is 8.29. The lowest BCUT2D eigenvalue weighted by Crippen LogP contribution is -2.17. The predicted molar refractivity (Wildman–Crippen MR) is 100 cm³/mol. The van der Waals surface area contributed by atoms with Crippen LogP contribution in [-0.2, 0) is 0 Å². The number of hydrogen-bond acceptors (Lipinski definition) is 4. The summed E-state index contributed by atoms with van der Waals surface area (Å²) in [5, 5.41) is 10.7. The fraction of sp³-hybridized carbons (Fsp3) is 0.0556. The van der Waals surface area contributed by atoms with Crippen LogP contribution < -0.4 is 5.43 Å². The van der Waals surface area contributed by atoms with Crippen LogP contribution in [-0.4, -0.2) is 22.3 Å². The summed E-state index contributed by atoms with van der Waals surface area (Å²) in [7, 11) is 0. The highest BCUT2D eigenvalue weighted by molar-refractivity contribution is 9.12. The molecule has 1 aromatic carbocycles. The van der Waals surface area contributed by atoms with Gasteiger partial charge in [-0.25, -0.2) is 5.43 Å². The molecule has 0 bridgehead atoms. The van der Waals surface area contributed by atoms with Crippen molar-refractivity contribution in [2.45, 2.75) is 6.92 Å². The summed E-state index contributed by atoms with van der Waals surface area (Å²) < 4.78 is 6.21. The van der Waals surface area contributed by atoms with Gasteiger partial charge in [0, 0.05) is 10.5 Å². The van der Waals surface area contributed by atoms with Gasteiger partial charge in [0.2, 0.25) is 0 Å². The van der Waals surface area contributed by atoms with Crippen LogP contribution in [0.15, 0.2) is 62.5 Å². The molecule has 0 saturated heterocycles. The van der Waals surface area contributed by atoms with Gasteiger partial charge in [-0.2, -0.15) is 10.2 Å². The lowest BCUT2D eigenvalue weighted by atomic mass is 10.2. The van der Waals surface area contributed by atoms with Gasteiger partial charge in [0.1, 0.15) is 11.5 Å². The van der Waals surface area contributed by atoms with Crippen molar-refractivity contribution >= 4 is 34.1 Å². The Bertz CT molecular complexity index is 925. The molecule has 0 atom stereocenters. The van der Waals surface area contributed by atoms with Gasteiger partial charge in [-0.3, -0.25) is 9.89 Å². The Kier molecular flexibility index (Phi) is 5.25. The Labute approximate surface area is 152 Å². The second-order valence-electron chi connectivity index (χ2n) is 5.22. The number of H-pyrrole nitrogens is 1. The topological polar surface area (TPSA) is 83.3 Å². The van der Waals surface area contributed by atoms with E-state index in [0.29, 0.717) is 11.5 Å². The molecule has 0 unspecified atom stereocenters. The number of aromatic amines is 1. The fourth-order valence-electron chi connectivity index (χ4n) is 2.10. The van der Waals surface area contributed by atoms with E-state index in [4.69, 9.17) is 4.42 Å². The summed E-state index contributed by atoms with van der Waals surface area (Å²) >= 11 is 3.38. The maximum absolute atomic E-state index is 12.1. The van der Waals surface area contributed by atoms with Gasteiger partial charge in [-0.05, 0) is 46.6 Å². The number of aromatic nitrogens is 2. The zero-order valence-electron chi connectivity index (χ0n) is 13.4. The van der Waals surface area contributed by atoms with Gasteiger partial charge >= 0.3 is 0 Å². The summed E-state index contributed by atoms with van der Waals surface area (Å²) in [6.07, 6.45) is 3.40. The van der Waals surface area contributed by atoms with E-state index in [-0.39, 0.29) is 5.69 Å². The van der Waals surface area contributed by atoms with Gasteiger partial charge in [0.15, 0.2) is 11.5 Å². The largest absolute Gasteiger partial charge is 0.460 e. The number of hydrazone groups is 1. The number of furan rings is 1. The average molecular weight is 399 g/mol. The SMILES string of the molecule is Cc1ccc(-c2cc(C(=O)N/N=C/C(Br)=C/c3ccccc3)n[nH]2)o1. The molecule has 3 rings (SSSR count). The monoisotopic (exact) mass is 398 g/mol. The van der Waals surface area contributed by atoms with Crippen LogP contribution >= 0.6 is 15.9 Å². The number of benzene rings is 1. The number of carbonyl (C=O) groups excluding carboxylic acids is 1. The number of rotatable bonds is 5. The van der Waals surface area contributed by atoms with E-state index in [1.54, 1.807) is 6.07 Å². The lowest BCUT2D eigenvalue weighted by Gasteiger charge is -1.95. The summed E-state index contributed by atoms with van der Waals surface area (Å²) in [5.74, 6) is 0.999. The number of amides is 1. The van der Waals surface area contributed by atoms with Crippen molar-refractivity contribution < 1.29 is 9.21 Å². The summed E-state index contributed by atoms with van der Waals surface area (Å²) in [4.78, 5) is 12.1. The number of halogens is 1. The Hall–Kier alpha value is -2.93. The third kappa shape index (κ3) is 4.54. The van der Waals surface area contributed by atoms with E-state index < -0.39 is 5.91 Å². The Morgan fingerprint density at radius 2 is 2.08 bits per heavy atom. The van der Waals surface area contributed by atoms with E-state index in [2.05, 4.69) is 36.7 Å². The minimum absolute atomic E-state index is 0.226. The lowest BCUT2D eigenvalue weighted by molar-refractivity contribution is 0.0950. The molecule has 0 aliphatic carbocycles. The number of carbonyl (C=O) groups is 1. The third-order valence-electron chi connectivity index (χ3n) is 3.27. The van der Waals surface area contributed by atoms with Gasteiger partial charge in [-0.15, -0.1) is 0 Å². The normalized spacial score (nSPS) is 11.8. The van der Waals surface area contributed by atoms with E-state index >= 15 is 0 Å². The third-order valence-corrected chi connectivity index (χ3v) is 3.71. The van der Waals surface area contributed by atoms with Crippen molar-refractivity contribution in [1.29, 1.82) is 0 Å². The van der Waals surface area contributed by atoms with E-state index in [1.807, 2.05) is 55.5 Å². The summed E-state index contributed by atoms with van der Waals surface area (Å²) in [5.41, 5.74) is 4.32. The molecule has 7 heteroatoms. The zero-order chi connectivity index (χ0) is 17.6. The van der Waals surface area contributed by atoms with Crippen LogP contribution in [0, 0.1) is 6.92 Å². The molecule has 0 aliphatic rings. The molecule has 0 aliphatic heterocycles. The van der Waals surface area contributed by atoms with Crippen molar-refractivity contribution in [3.8, 4) is 11.5 Å². The maximum Gasteiger partial charge on any atom is 0.291 e. The highest BCUT2D eigenvalue weighted by Gasteiger charge is 2.12. The molecule has 6 nitrogen and oxygen atoms in total. The Morgan fingerprint density at radius 1 is 1.28 bits per heavy atom. The average Bonchev–Trinajstić information content (AvgIpc) is 3.24. The number of hydrogen-bond donors (Lipinski definition) is 2. The zero-order valence-corrected chi connectivity index (χ0v) is 14.9. The molecule has 0 radical (unpaired) electrons. The molecule has 25 heavy (non-hydrogen) atoms. The highest BCUT2D eigenvalue weighted by Crippen LogP contribution is 2.20. The Morgan fingerprint density at radius 3 is 2.80 bits per heavy atom. The van der Waals surface area contributed by atoms with Gasteiger partial charge in [-0.1, -0.05) is 30.3 Å². The molecule has 2 N–H and O–H groups in total. The summed E-state index contributed by atoms with van der Waals surface area (Å²) in [6, 6.07) is 15.0. The summed E-state index contributed by atoms with van der Waals surface area (Å²) in [6.45, 7) is 1.85. The van der Waals surface area contributed by atoms with Crippen LogP contribution in [0.25, 0.3) is 17.5 Å². The number of aryl methyl sites for hydroxylation is 1. The Balaban J connectivity index is 1.61. The van der Waals surface area contributed by atoms with Crippen molar-refractivity contribution in [3.63, 3.8) is 0 Å². The second-order valence-corrected chi connectivity index (χ2v) is 6.13. The molecule has 2 aromatic heterocycles. The molecule has 1 amide bonds. The van der Waals surface area contributed by atoms with Crippen molar-refractivity contribution in [3.05, 3.63) is 70.0 Å². The van der Waals surface area contributed by atoms with Crippen LogP contribution in [0.4, 0.5) is 0 Å². The van der Waals surface area contributed by atoms with Gasteiger partial charge in [0.25, 0.3) is 5.91 Å². The second kappa shape index (κ2) is 7.76. The van der Waals surface area contributed by atoms with Crippen molar-refractivity contribution in [1.82, 2.24) is 15.6 Å². The van der Waals surface area contributed by atoms with Crippen LogP contribution in [0.3, 0.4) is 0 Å². The number of allylic oxidation sites excluding steroid dienone is 1. The predicted octanol–water partition coefficient (Wildman–Crippen LogP) is 4.13. The fourth-order valence-corrected chi connectivity index (χ4v) is 2.47. The first-order valence-electron chi connectivity index (χ1n) is 7.50. The molecular weight excluding hydrogens is 384 g/mol. The quantitative estimate of drug-likeness (QED) is 0.500. The molecule has 126 valence electrons. The van der Waals surface area contributed by atoms with Crippen LogP contribution in [0.2, 0.25) is 0 Å². The minimum atomic E-state index is -0.415. The smallest absolute Gasteiger partial charge is 0.291 e. The van der Waals surface area contributed by atoms with Crippen LogP contribution in [0.1, 0.15) is 21.8 Å². The van der Waals surface area contributed by atoms with E-state index in [1.165, 1.54) is 6.21 Å². The first kappa shape index (κ1) is 16.9. The molecule has 2 heterocycles. The molecule has 0 fully saturated rings.